The van der Waals surface area contributed by atoms with E-state index in [0.29, 0.717) is 34.9 Å². The first-order chi connectivity index (χ1) is 16.0. The number of carbonyl (C=O) groups is 1. The summed E-state index contributed by atoms with van der Waals surface area (Å²) in [5.41, 5.74) is 0.977. The number of amides is 1. The fraction of sp³-hybridized carbons (Fsp3) is 0.250. The molecule has 0 radical (unpaired) electrons. The molecule has 4 rings (SSSR count). The molecule has 0 spiro atoms. The lowest BCUT2D eigenvalue weighted by molar-refractivity contribution is -0.114. The van der Waals surface area contributed by atoms with Gasteiger partial charge in [0.2, 0.25) is 5.17 Å². The summed E-state index contributed by atoms with van der Waals surface area (Å²) in [5.74, 6) is 0.906. The van der Waals surface area contributed by atoms with Gasteiger partial charge >= 0.3 is 0 Å². The van der Waals surface area contributed by atoms with Crippen molar-refractivity contribution in [1.29, 1.82) is 5.41 Å². The van der Waals surface area contributed by atoms with Crippen LogP contribution in [0.2, 0.25) is 5.02 Å². The zero-order valence-electron chi connectivity index (χ0n) is 18.1. The molecule has 2 heterocycles. The highest BCUT2D eigenvalue weighted by atomic mass is 35.5. The third-order valence-electron chi connectivity index (χ3n) is 4.88. The Kier molecular flexibility index (Phi) is 7.47. The summed E-state index contributed by atoms with van der Waals surface area (Å²) in [6.45, 7) is 2.83. The molecule has 170 valence electrons. The number of hydrogen-bond donors (Lipinski definition) is 1. The maximum atomic E-state index is 12.5. The molecule has 2 aliphatic heterocycles. The number of amidine groups is 2. The van der Waals surface area contributed by atoms with Crippen LogP contribution in [0.3, 0.4) is 0 Å². The molecule has 1 N–H and O–H groups in total. The summed E-state index contributed by atoms with van der Waals surface area (Å²) in [6, 6.07) is 14.5. The molecule has 2 aromatic carbocycles. The van der Waals surface area contributed by atoms with Crippen molar-refractivity contribution in [1.82, 2.24) is 5.01 Å². The molecule has 0 atom stereocenters. The van der Waals surface area contributed by atoms with E-state index in [1.807, 2.05) is 24.3 Å². The van der Waals surface area contributed by atoms with Crippen molar-refractivity contribution in [3.8, 4) is 11.5 Å². The summed E-state index contributed by atoms with van der Waals surface area (Å²) in [5, 5.41) is 16.3. The van der Waals surface area contributed by atoms with Crippen LogP contribution in [0.5, 0.6) is 11.5 Å². The number of para-hydroxylation sites is 1. The van der Waals surface area contributed by atoms with Crippen LogP contribution in [-0.4, -0.2) is 40.2 Å². The Morgan fingerprint density at radius 3 is 2.64 bits per heavy atom. The van der Waals surface area contributed by atoms with Crippen molar-refractivity contribution in [2.24, 2.45) is 10.1 Å². The first-order valence-corrected chi connectivity index (χ1v) is 11.8. The van der Waals surface area contributed by atoms with Crippen LogP contribution in [0.15, 0.2) is 64.2 Å². The zero-order chi connectivity index (χ0) is 23.2. The fourth-order valence-electron chi connectivity index (χ4n) is 3.16. The standard InChI is InChI=1S/C24H23ClN4O3S/c1-2-3-8-21-28-29-22(26)18(23(30)27-24(29)33-21)15-16-9-11-17(12-10-16)31-13-14-32-20-7-5-4-6-19(20)25/h4-7,9-12,15,26H,2-3,8,13-14H2,1H3/b18-15-,26-22?. The molecular weight excluding hydrogens is 460 g/mol. The van der Waals surface area contributed by atoms with Gasteiger partial charge in [-0.2, -0.15) is 15.1 Å². The second kappa shape index (κ2) is 10.7. The number of hydrogen-bond acceptors (Lipinski definition) is 6. The van der Waals surface area contributed by atoms with Crippen LogP contribution < -0.4 is 9.47 Å². The van der Waals surface area contributed by atoms with Crippen molar-refractivity contribution in [3.63, 3.8) is 0 Å². The van der Waals surface area contributed by atoms with E-state index >= 15 is 0 Å². The highest BCUT2D eigenvalue weighted by molar-refractivity contribution is 8.26. The number of fused-ring (bicyclic) bond motifs is 1. The number of hydrazone groups is 1. The number of ether oxygens (including phenoxy) is 2. The number of carbonyl (C=O) groups excluding carboxylic acids is 1. The number of rotatable bonds is 9. The first-order valence-electron chi connectivity index (χ1n) is 10.6. The lowest BCUT2D eigenvalue weighted by Crippen LogP contribution is -2.35. The Bertz CT molecular complexity index is 1140. The second-order valence-corrected chi connectivity index (χ2v) is 8.76. The van der Waals surface area contributed by atoms with Crippen LogP contribution in [0, 0.1) is 5.41 Å². The minimum atomic E-state index is -0.428. The van der Waals surface area contributed by atoms with E-state index in [1.165, 1.54) is 16.8 Å². The topological polar surface area (TPSA) is 87.3 Å². The Hall–Kier alpha value is -3.10. The third kappa shape index (κ3) is 5.64. The van der Waals surface area contributed by atoms with Gasteiger partial charge in [0.1, 0.15) is 29.8 Å². The van der Waals surface area contributed by atoms with Crippen LogP contribution in [0.4, 0.5) is 0 Å². The van der Waals surface area contributed by atoms with Gasteiger partial charge in [-0.1, -0.05) is 49.2 Å². The number of benzene rings is 2. The Balaban J connectivity index is 1.35. The molecule has 0 bridgehead atoms. The van der Waals surface area contributed by atoms with Crippen molar-refractivity contribution < 1.29 is 14.3 Å². The molecule has 0 fully saturated rings. The molecule has 2 aliphatic rings. The molecule has 0 unspecified atom stereocenters. The Labute approximate surface area is 201 Å². The van der Waals surface area contributed by atoms with Gasteiger partial charge in [0.25, 0.3) is 5.91 Å². The maximum Gasteiger partial charge on any atom is 0.283 e. The normalized spacial score (nSPS) is 16.5. The van der Waals surface area contributed by atoms with Crippen molar-refractivity contribution in [2.75, 3.05) is 13.2 Å². The first kappa shape index (κ1) is 23.1. The SMILES string of the molecule is CCCCC1=NN2C(=N)/C(=C/c3ccc(OCCOc4ccccc4Cl)cc3)C(=O)N=C2S1. The predicted molar refractivity (Wildman–Crippen MR) is 133 cm³/mol. The molecule has 33 heavy (non-hydrogen) atoms. The van der Waals surface area contributed by atoms with E-state index in [4.69, 9.17) is 26.5 Å². The minimum absolute atomic E-state index is 0.0426. The summed E-state index contributed by atoms with van der Waals surface area (Å²) in [7, 11) is 0. The lowest BCUT2D eigenvalue weighted by atomic mass is 10.1. The van der Waals surface area contributed by atoms with Gasteiger partial charge in [-0.05, 0) is 60.5 Å². The van der Waals surface area contributed by atoms with Crippen LogP contribution >= 0.6 is 23.4 Å². The molecule has 0 aromatic heterocycles. The van der Waals surface area contributed by atoms with E-state index in [2.05, 4.69) is 17.0 Å². The van der Waals surface area contributed by atoms with Gasteiger partial charge in [-0.25, -0.2) is 0 Å². The fourth-order valence-corrected chi connectivity index (χ4v) is 4.28. The van der Waals surface area contributed by atoms with Gasteiger partial charge in [-0.3, -0.25) is 10.2 Å². The van der Waals surface area contributed by atoms with Crippen molar-refractivity contribution >= 4 is 51.4 Å². The molecule has 0 saturated heterocycles. The van der Waals surface area contributed by atoms with Crippen LogP contribution in [0.1, 0.15) is 31.7 Å². The molecule has 2 aromatic rings. The van der Waals surface area contributed by atoms with Crippen molar-refractivity contribution in [2.45, 2.75) is 26.2 Å². The monoisotopic (exact) mass is 482 g/mol. The minimum Gasteiger partial charge on any atom is -0.490 e. The number of aliphatic imine (C=N–C) groups is 1. The second-order valence-electron chi connectivity index (χ2n) is 7.31. The number of halogens is 1. The predicted octanol–water partition coefficient (Wildman–Crippen LogP) is 5.61. The van der Waals surface area contributed by atoms with E-state index in [-0.39, 0.29) is 11.4 Å². The average Bonchev–Trinajstić information content (AvgIpc) is 3.23. The molecule has 0 saturated carbocycles. The van der Waals surface area contributed by atoms with Crippen LogP contribution in [0.25, 0.3) is 6.08 Å². The van der Waals surface area contributed by atoms with Gasteiger partial charge < -0.3 is 9.47 Å². The summed E-state index contributed by atoms with van der Waals surface area (Å²) in [4.78, 5) is 16.6. The zero-order valence-corrected chi connectivity index (χ0v) is 19.7. The smallest absolute Gasteiger partial charge is 0.283 e. The van der Waals surface area contributed by atoms with Crippen LogP contribution in [-0.2, 0) is 4.79 Å². The highest BCUT2D eigenvalue weighted by Crippen LogP contribution is 2.30. The average molecular weight is 483 g/mol. The quantitative estimate of drug-likeness (QED) is 0.371. The van der Waals surface area contributed by atoms with Gasteiger partial charge in [0, 0.05) is 0 Å². The Morgan fingerprint density at radius 2 is 1.88 bits per heavy atom. The molecule has 1 amide bonds. The maximum absolute atomic E-state index is 12.5. The Morgan fingerprint density at radius 1 is 1.12 bits per heavy atom. The summed E-state index contributed by atoms with van der Waals surface area (Å²) >= 11 is 7.43. The molecule has 9 heteroatoms. The van der Waals surface area contributed by atoms with E-state index < -0.39 is 5.91 Å². The van der Waals surface area contributed by atoms with Gasteiger partial charge in [-0.15, -0.1) is 0 Å². The van der Waals surface area contributed by atoms with E-state index in [9.17, 15) is 4.79 Å². The molecular formula is C24H23ClN4O3S. The summed E-state index contributed by atoms with van der Waals surface area (Å²) in [6.07, 6.45) is 4.54. The van der Waals surface area contributed by atoms with E-state index in [1.54, 1.807) is 30.3 Å². The van der Waals surface area contributed by atoms with Crippen molar-refractivity contribution in [3.05, 3.63) is 64.7 Å². The van der Waals surface area contributed by atoms with Gasteiger partial charge in [0.05, 0.1) is 10.6 Å². The largest absolute Gasteiger partial charge is 0.490 e. The lowest BCUT2D eigenvalue weighted by Gasteiger charge is -2.20. The number of thioether (sulfide) groups is 1. The number of nitrogens with zero attached hydrogens (tertiary/aromatic N) is 3. The molecule has 7 nitrogen and oxygen atoms in total. The highest BCUT2D eigenvalue weighted by Gasteiger charge is 2.35. The van der Waals surface area contributed by atoms with E-state index in [0.717, 1.165) is 29.9 Å². The number of nitrogens with one attached hydrogen (secondary N) is 1. The van der Waals surface area contributed by atoms with Gasteiger partial charge in [0.15, 0.2) is 5.84 Å². The number of unbranched alkanes of at least 4 members (excludes halogenated alkanes) is 1. The molecule has 0 aliphatic carbocycles. The third-order valence-corrected chi connectivity index (χ3v) is 6.16. The summed E-state index contributed by atoms with van der Waals surface area (Å²) < 4.78 is 11.3.